The molecule has 0 aliphatic rings. The maximum absolute atomic E-state index is 13.0. The highest BCUT2D eigenvalue weighted by atomic mass is 35.5. The van der Waals surface area contributed by atoms with E-state index < -0.39 is 11.8 Å². The summed E-state index contributed by atoms with van der Waals surface area (Å²) < 4.78 is 5.78. The summed E-state index contributed by atoms with van der Waals surface area (Å²) in [6, 6.07) is 11.7. The van der Waals surface area contributed by atoms with Crippen LogP contribution >= 0.6 is 23.4 Å². The van der Waals surface area contributed by atoms with Crippen molar-refractivity contribution >= 4 is 46.7 Å². The van der Waals surface area contributed by atoms with E-state index in [1.807, 2.05) is 12.3 Å². The smallest absolute Gasteiger partial charge is 0.277 e. The van der Waals surface area contributed by atoms with Crippen molar-refractivity contribution in [3.05, 3.63) is 71.1 Å². The summed E-state index contributed by atoms with van der Waals surface area (Å²) in [5, 5.41) is 5.84. The molecule has 0 fully saturated rings. The van der Waals surface area contributed by atoms with Crippen molar-refractivity contribution in [1.29, 1.82) is 0 Å². The van der Waals surface area contributed by atoms with Gasteiger partial charge in [0.25, 0.3) is 11.8 Å². The summed E-state index contributed by atoms with van der Waals surface area (Å²) in [6.07, 6.45) is 5.49. The average Bonchev–Trinajstić information content (AvgIpc) is 2.81. The molecule has 0 bridgehead atoms. The average molecular weight is 472 g/mol. The van der Waals surface area contributed by atoms with Crippen molar-refractivity contribution in [2.75, 3.05) is 30.0 Å². The van der Waals surface area contributed by atoms with Gasteiger partial charge in [-0.1, -0.05) is 11.6 Å². The molecule has 2 heterocycles. The molecule has 4 N–H and O–H groups in total. The second-order valence-corrected chi connectivity index (χ2v) is 7.84. The van der Waals surface area contributed by atoms with Gasteiger partial charge in [0.05, 0.1) is 22.9 Å². The first-order valence-electron chi connectivity index (χ1n) is 9.72. The molecule has 10 heteroatoms. The van der Waals surface area contributed by atoms with Crippen LogP contribution in [-0.2, 0) is 0 Å². The van der Waals surface area contributed by atoms with E-state index in [9.17, 15) is 9.59 Å². The molecule has 2 aromatic heterocycles. The molecule has 3 aromatic rings. The molecule has 32 heavy (non-hydrogen) atoms. The summed E-state index contributed by atoms with van der Waals surface area (Å²) in [5.41, 5.74) is 6.18. The maximum atomic E-state index is 13.0. The Morgan fingerprint density at radius 3 is 2.69 bits per heavy atom. The molecule has 0 atom stereocenters. The van der Waals surface area contributed by atoms with Crippen LogP contribution in [-0.4, -0.2) is 41.2 Å². The quantitative estimate of drug-likeness (QED) is 0.317. The SMILES string of the molecule is CSc1ccc(C(=O)Nc2cccnc2C(=O)Nc2ccc(Cl)cn2)c(OCCCN)c1. The van der Waals surface area contributed by atoms with Gasteiger partial charge in [-0.2, -0.15) is 0 Å². The first-order chi connectivity index (χ1) is 15.5. The monoisotopic (exact) mass is 471 g/mol. The molecular formula is C22H22ClN5O3S. The minimum Gasteiger partial charge on any atom is -0.493 e. The molecule has 0 saturated heterocycles. The van der Waals surface area contributed by atoms with Crippen LogP contribution in [0.2, 0.25) is 5.02 Å². The second-order valence-electron chi connectivity index (χ2n) is 6.52. The zero-order valence-corrected chi connectivity index (χ0v) is 18.9. The number of carbonyl (C=O) groups excluding carboxylic acids is 2. The van der Waals surface area contributed by atoms with E-state index in [1.54, 1.807) is 48.2 Å². The molecule has 0 aliphatic heterocycles. The topological polar surface area (TPSA) is 119 Å². The first-order valence-corrected chi connectivity index (χ1v) is 11.3. The van der Waals surface area contributed by atoms with Crippen molar-refractivity contribution in [2.24, 2.45) is 5.73 Å². The van der Waals surface area contributed by atoms with Gasteiger partial charge < -0.3 is 21.1 Å². The van der Waals surface area contributed by atoms with Crippen LogP contribution in [0.3, 0.4) is 0 Å². The third-order valence-electron chi connectivity index (χ3n) is 4.28. The van der Waals surface area contributed by atoms with E-state index in [-0.39, 0.29) is 11.4 Å². The number of hydrogen-bond acceptors (Lipinski definition) is 7. The number of aromatic nitrogens is 2. The van der Waals surface area contributed by atoms with E-state index in [1.165, 1.54) is 12.4 Å². The van der Waals surface area contributed by atoms with Crippen molar-refractivity contribution < 1.29 is 14.3 Å². The molecule has 0 radical (unpaired) electrons. The lowest BCUT2D eigenvalue weighted by atomic mass is 10.1. The Balaban J connectivity index is 1.81. The lowest BCUT2D eigenvalue weighted by Crippen LogP contribution is -2.20. The van der Waals surface area contributed by atoms with Crippen molar-refractivity contribution in [2.45, 2.75) is 11.3 Å². The van der Waals surface area contributed by atoms with E-state index in [0.29, 0.717) is 41.7 Å². The number of nitrogens with one attached hydrogen (secondary N) is 2. The second kappa shape index (κ2) is 11.5. The Morgan fingerprint density at radius 2 is 1.97 bits per heavy atom. The summed E-state index contributed by atoms with van der Waals surface area (Å²) in [7, 11) is 0. The Bertz CT molecular complexity index is 1100. The number of ether oxygens (including phenoxy) is 1. The van der Waals surface area contributed by atoms with Gasteiger partial charge in [0.2, 0.25) is 0 Å². The van der Waals surface area contributed by atoms with Crippen LogP contribution in [0.5, 0.6) is 5.75 Å². The summed E-state index contributed by atoms with van der Waals surface area (Å²) in [6.45, 7) is 0.879. The van der Waals surface area contributed by atoms with Gasteiger partial charge in [-0.25, -0.2) is 9.97 Å². The highest BCUT2D eigenvalue weighted by Crippen LogP contribution is 2.27. The molecule has 0 unspecified atom stereocenters. The third-order valence-corrected chi connectivity index (χ3v) is 5.23. The number of hydrogen-bond donors (Lipinski definition) is 3. The highest BCUT2D eigenvalue weighted by molar-refractivity contribution is 7.98. The van der Waals surface area contributed by atoms with Crippen LogP contribution in [0.4, 0.5) is 11.5 Å². The van der Waals surface area contributed by atoms with Gasteiger partial charge in [0.1, 0.15) is 11.6 Å². The molecule has 0 saturated carbocycles. The number of amides is 2. The summed E-state index contributed by atoms with van der Waals surface area (Å²) >= 11 is 7.37. The number of nitrogens with two attached hydrogens (primary N) is 1. The predicted molar refractivity (Wildman–Crippen MR) is 127 cm³/mol. The first kappa shape index (κ1) is 23.5. The standard InChI is InChI=1S/C22H22ClN5O3S/c1-32-15-6-7-16(18(12-15)31-11-3-9-24)21(29)27-17-4-2-10-25-20(17)22(30)28-19-8-5-14(23)13-26-19/h2,4-8,10,12-13H,3,9,11,24H2,1H3,(H,27,29)(H,26,28,30). The number of pyridine rings is 2. The number of thioether (sulfide) groups is 1. The molecular weight excluding hydrogens is 450 g/mol. The molecule has 2 amide bonds. The minimum atomic E-state index is -0.520. The number of anilines is 2. The fraction of sp³-hybridized carbons (Fsp3) is 0.182. The minimum absolute atomic E-state index is 0.0453. The lowest BCUT2D eigenvalue weighted by molar-refractivity contribution is 0.102. The van der Waals surface area contributed by atoms with E-state index >= 15 is 0 Å². The Kier molecular flexibility index (Phi) is 8.43. The summed E-state index contributed by atoms with van der Waals surface area (Å²) in [4.78, 5) is 34.9. The van der Waals surface area contributed by atoms with Crippen molar-refractivity contribution in [3.63, 3.8) is 0 Å². The molecule has 8 nitrogen and oxygen atoms in total. The van der Waals surface area contributed by atoms with Gasteiger partial charge in [0.15, 0.2) is 5.69 Å². The van der Waals surface area contributed by atoms with Crippen LogP contribution in [0.1, 0.15) is 27.3 Å². The molecule has 166 valence electrons. The number of halogens is 1. The molecule has 3 rings (SSSR count). The number of rotatable bonds is 9. The van der Waals surface area contributed by atoms with Gasteiger partial charge >= 0.3 is 0 Å². The molecule has 1 aromatic carbocycles. The van der Waals surface area contributed by atoms with Crippen molar-refractivity contribution in [1.82, 2.24) is 9.97 Å². The normalized spacial score (nSPS) is 10.5. The van der Waals surface area contributed by atoms with Crippen LogP contribution in [0.25, 0.3) is 0 Å². The van der Waals surface area contributed by atoms with Gasteiger partial charge in [-0.15, -0.1) is 11.8 Å². The van der Waals surface area contributed by atoms with Gasteiger partial charge in [0, 0.05) is 17.3 Å². The number of benzene rings is 1. The fourth-order valence-corrected chi connectivity index (χ4v) is 3.24. The maximum Gasteiger partial charge on any atom is 0.277 e. The van der Waals surface area contributed by atoms with Crippen LogP contribution in [0, 0.1) is 0 Å². The summed E-state index contributed by atoms with van der Waals surface area (Å²) in [5.74, 6) is -0.187. The zero-order valence-electron chi connectivity index (χ0n) is 17.3. The molecule has 0 spiro atoms. The van der Waals surface area contributed by atoms with E-state index in [2.05, 4.69) is 20.6 Å². The zero-order chi connectivity index (χ0) is 22.9. The molecule has 0 aliphatic carbocycles. The van der Waals surface area contributed by atoms with Gasteiger partial charge in [-0.3, -0.25) is 9.59 Å². The van der Waals surface area contributed by atoms with E-state index in [0.717, 1.165) is 4.90 Å². The third kappa shape index (κ3) is 6.19. The lowest BCUT2D eigenvalue weighted by Gasteiger charge is -2.14. The van der Waals surface area contributed by atoms with Crippen LogP contribution in [0.15, 0.2) is 59.8 Å². The number of nitrogens with zero attached hydrogens (tertiary/aromatic N) is 2. The van der Waals surface area contributed by atoms with Crippen LogP contribution < -0.4 is 21.1 Å². The van der Waals surface area contributed by atoms with Gasteiger partial charge in [-0.05, 0) is 61.7 Å². The largest absolute Gasteiger partial charge is 0.493 e. The Morgan fingerprint density at radius 1 is 1.12 bits per heavy atom. The fourth-order valence-electron chi connectivity index (χ4n) is 2.70. The Hall–Kier alpha value is -3.14. The predicted octanol–water partition coefficient (Wildman–Crippen LogP) is 4.08. The Labute approximate surface area is 194 Å². The number of carbonyl (C=O) groups is 2. The van der Waals surface area contributed by atoms with Crippen molar-refractivity contribution in [3.8, 4) is 5.75 Å². The van der Waals surface area contributed by atoms with E-state index in [4.69, 9.17) is 22.1 Å². The highest BCUT2D eigenvalue weighted by Gasteiger charge is 2.19.